The van der Waals surface area contributed by atoms with Gasteiger partial charge in [-0.3, -0.25) is 14.3 Å². The molecule has 1 saturated heterocycles. The van der Waals surface area contributed by atoms with E-state index in [-0.39, 0.29) is 11.4 Å². The van der Waals surface area contributed by atoms with Gasteiger partial charge in [0.1, 0.15) is 10.6 Å². The average molecular weight is 414 g/mol. The number of hydrogen-bond donors (Lipinski definition) is 0. The highest BCUT2D eigenvalue weighted by Gasteiger charge is 2.29. The molecule has 0 spiro atoms. The van der Waals surface area contributed by atoms with Crippen LogP contribution < -0.4 is 5.56 Å². The predicted molar refractivity (Wildman–Crippen MR) is 112 cm³/mol. The van der Waals surface area contributed by atoms with Crippen LogP contribution in [0, 0.1) is 5.82 Å². The standard InChI is InChI=1S/C22H24FN3O2S/c23-16-3-1-2-15(12-16)6-7-26-14-24-21-20(22(26)27)18-5-4-17(13-19(18)29-21)25-8-10-28-11-9-25/h1-3,12,14,17H,4-11,13H2. The van der Waals surface area contributed by atoms with E-state index in [4.69, 9.17) is 4.74 Å². The van der Waals surface area contributed by atoms with Crippen LogP contribution in [-0.2, 0) is 30.5 Å². The smallest absolute Gasteiger partial charge is 0.262 e. The summed E-state index contributed by atoms with van der Waals surface area (Å²) in [5.74, 6) is -0.245. The minimum Gasteiger partial charge on any atom is -0.379 e. The molecule has 5 nitrogen and oxygen atoms in total. The van der Waals surface area contributed by atoms with E-state index in [1.165, 1.54) is 22.6 Å². The van der Waals surface area contributed by atoms with E-state index in [1.54, 1.807) is 28.3 Å². The maximum atomic E-state index is 13.4. The van der Waals surface area contributed by atoms with Crippen LogP contribution in [0.4, 0.5) is 4.39 Å². The van der Waals surface area contributed by atoms with Gasteiger partial charge in [-0.1, -0.05) is 12.1 Å². The zero-order chi connectivity index (χ0) is 19.8. The van der Waals surface area contributed by atoms with Gasteiger partial charge < -0.3 is 4.74 Å². The zero-order valence-electron chi connectivity index (χ0n) is 16.3. The van der Waals surface area contributed by atoms with Crippen LogP contribution in [0.15, 0.2) is 35.4 Å². The molecule has 1 aliphatic heterocycles. The highest BCUT2D eigenvalue weighted by molar-refractivity contribution is 7.18. The number of nitrogens with zero attached hydrogens (tertiary/aromatic N) is 3. The van der Waals surface area contributed by atoms with Gasteiger partial charge in [0.15, 0.2) is 0 Å². The van der Waals surface area contributed by atoms with E-state index in [0.717, 1.165) is 61.3 Å². The van der Waals surface area contributed by atoms with Gasteiger partial charge in [0.25, 0.3) is 5.56 Å². The topological polar surface area (TPSA) is 47.4 Å². The number of hydrogen-bond acceptors (Lipinski definition) is 5. The molecule has 7 heteroatoms. The third-order valence-corrected chi connectivity index (χ3v) is 7.26. The molecule has 0 amide bonds. The van der Waals surface area contributed by atoms with Gasteiger partial charge in [-0.15, -0.1) is 11.3 Å². The second kappa shape index (κ2) is 7.97. The monoisotopic (exact) mass is 413 g/mol. The van der Waals surface area contributed by atoms with Crippen molar-refractivity contribution >= 4 is 21.6 Å². The van der Waals surface area contributed by atoms with Crippen LogP contribution in [0.5, 0.6) is 0 Å². The summed E-state index contributed by atoms with van der Waals surface area (Å²) in [6, 6.07) is 7.09. The first-order valence-corrected chi connectivity index (χ1v) is 11.1. The van der Waals surface area contributed by atoms with Gasteiger partial charge in [-0.25, -0.2) is 9.37 Å². The second-order valence-corrected chi connectivity index (χ2v) is 8.94. The Morgan fingerprint density at radius 2 is 2.14 bits per heavy atom. The summed E-state index contributed by atoms with van der Waals surface area (Å²) in [5.41, 5.74) is 2.12. The van der Waals surface area contributed by atoms with E-state index >= 15 is 0 Å². The van der Waals surface area contributed by atoms with Crippen molar-refractivity contribution in [1.82, 2.24) is 14.5 Å². The molecule has 3 aromatic rings. The summed E-state index contributed by atoms with van der Waals surface area (Å²) in [7, 11) is 0. The fourth-order valence-electron chi connectivity index (χ4n) is 4.54. The maximum Gasteiger partial charge on any atom is 0.262 e. The number of benzene rings is 1. The molecule has 29 heavy (non-hydrogen) atoms. The Hall–Kier alpha value is -2.09. The zero-order valence-corrected chi connectivity index (χ0v) is 17.1. The SMILES string of the molecule is O=c1c2c3c(sc2ncn1CCc1cccc(F)c1)CC(N1CCOCC1)CC3. The molecule has 1 unspecified atom stereocenters. The summed E-state index contributed by atoms with van der Waals surface area (Å²) in [6.07, 6.45) is 5.26. The van der Waals surface area contributed by atoms with Gasteiger partial charge >= 0.3 is 0 Å². The molecule has 3 heterocycles. The normalized spacial score (nSPS) is 20.1. The molecule has 0 bridgehead atoms. The summed E-state index contributed by atoms with van der Waals surface area (Å²) in [5, 5.41) is 0.798. The molecule has 1 aromatic carbocycles. The lowest BCUT2D eigenvalue weighted by atomic mass is 9.92. The molecule has 5 rings (SSSR count). The van der Waals surface area contributed by atoms with Crippen LogP contribution in [0.1, 0.15) is 22.4 Å². The Balaban J connectivity index is 1.39. The molecule has 2 aliphatic rings. The lowest BCUT2D eigenvalue weighted by molar-refractivity contribution is 0.0140. The summed E-state index contributed by atoms with van der Waals surface area (Å²) in [4.78, 5) is 22.4. The first kappa shape index (κ1) is 18.9. The minimum atomic E-state index is -0.245. The Kier molecular flexibility index (Phi) is 5.20. The molecule has 2 aromatic heterocycles. The quantitative estimate of drug-likeness (QED) is 0.660. The van der Waals surface area contributed by atoms with Crippen molar-refractivity contribution in [2.45, 2.75) is 38.3 Å². The lowest BCUT2D eigenvalue weighted by Gasteiger charge is -2.36. The van der Waals surface area contributed by atoms with Crippen molar-refractivity contribution in [3.05, 3.63) is 62.8 Å². The van der Waals surface area contributed by atoms with E-state index in [9.17, 15) is 9.18 Å². The number of aryl methyl sites for hydroxylation is 3. The fraction of sp³-hybridized carbons (Fsp3) is 0.455. The Morgan fingerprint density at radius 1 is 1.28 bits per heavy atom. The number of rotatable bonds is 4. The minimum absolute atomic E-state index is 0.0359. The van der Waals surface area contributed by atoms with Crippen molar-refractivity contribution in [2.75, 3.05) is 26.3 Å². The molecule has 152 valence electrons. The summed E-state index contributed by atoms with van der Waals surface area (Å²) >= 11 is 1.67. The van der Waals surface area contributed by atoms with E-state index < -0.39 is 0 Å². The molecular formula is C22H24FN3O2S. The van der Waals surface area contributed by atoms with Gasteiger partial charge in [0.05, 0.1) is 24.9 Å². The van der Waals surface area contributed by atoms with Crippen LogP contribution in [0.2, 0.25) is 0 Å². The number of thiophene rings is 1. The third-order valence-electron chi connectivity index (χ3n) is 6.10. The van der Waals surface area contributed by atoms with E-state index in [1.807, 2.05) is 6.07 Å². The maximum absolute atomic E-state index is 13.4. The molecule has 0 N–H and O–H groups in total. The van der Waals surface area contributed by atoms with Gasteiger partial charge in [0, 0.05) is 30.6 Å². The van der Waals surface area contributed by atoms with Crippen LogP contribution >= 0.6 is 11.3 Å². The van der Waals surface area contributed by atoms with Crippen LogP contribution in [-0.4, -0.2) is 46.8 Å². The van der Waals surface area contributed by atoms with Crippen molar-refractivity contribution < 1.29 is 9.13 Å². The summed E-state index contributed by atoms with van der Waals surface area (Å²) in [6.45, 7) is 4.12. The summed E-state index contributed by atoms with van der Waals surface area (Å²) < 4.78 is 20.6. The average Bonchev–Trinajstić information content (AvgIpc) is 3.12. The number of fused-ring (bicyclic) bond motifs is 3. The molecule has 0 radical (unpaired) electrons. The molecule has 1 fully saturated rings. The number of halogens is 1. The van der Waals surface area contributed by atoms with Crippen molar-refractivity contribution in [1.29, 1.82) is 0 Å². The van der Waals surface area contributed by atoms with Crippen molar-refractivity contribution in [3.63, 3.8) is 0 Å². The fourth-order valence-corrected chi connectivity index (χ4v) is 5.79. The highest BCUT2D eigenvalue weighted by Crippen LogP contribution is 2.35. The van der Waals surface area contributed by atoms with Crippen LogP contribution in [0.3, 0.4) is 0 Å². The molecule has 1 aliphatic carbocycles. The van der Waals surface area contributed by atoms with E-state index in [2.05, 4.69) is 9.88 Å². The first-order chi connectivity index (χ1) is 14.2. The predicted octanol–water partition coefficient (Wildman–Crippen LogP) is 3.03. The highest BCUT2D eigenvalue weighted by atomic mass is 32.1. The first-order valence-electron chi connectivity index (χ1n) is 10.2. The molecular weight excluding hydrogens is 389 g/mol. The van der Waals surface area contributed by atoms with E-state index in [0.29, 0.717) is 19.0 Å². The molecule has 1 atom stereocenters. The van der Waals surface area contributed by atoms with Crippen molar-refractivity contribution in [3.8, 4) is 0 Å². The second-order valence-electron chi connectivity index (χ2n) is 7.85. The van der Waals surface area contributed by atoms with Gasteiger partial charge in [-0.05, 0) is 48.9 Å². The Bertz CT molecular complexity index is 1090. The Morgan fingerprint density at radius 3 is 2.97 bits per heavy atom. The largest absolute Gasteiger partial charge is 0.379 e. The number of aromatic nitrogens is 2. The van der Waals surface area contributed by atoms with Gasteiger partial charge in [-0.2, -0.15) is 0 Å². The third kappa shape index (κ3) is 3.74. The number of morpholine rings is 1. The van der Waals surface area contributed by atoms with Gasteiger partial charge in [0.2, 0.25) is 0 Å². The lowest BCUT2D eigenvalue weighted by Crippen LogP contribution is -2.45. The van der Waals surface area contributed by atoms with Crippen LogP contribution in [0.25, 0.3) is 10.2 Å². The molecule has 0 saturated carbocycles. The Labute approximate surface area is 172 Å². The number of ether oxygens (including phenoxy) is 1. The van der Waals surface area contributed by atoms with Crippen molar-refractivity contribution in [2.24, 2.45) is 0 Å².